The third-order valence-corrected chi connectivity index (χ3v) is 8.46. The molecule has 2 aromatic rings. The highest BCUT2D eigenvalue weighted by atomic mass is 16.5. The second kappa shape index (κ2) is 8.98. The van der Waals surface area contributed by atoms with Gasteiger partial charge in [-0.05, 0) is 86.4 Å². The predicted octanol–water partition coefficient (Wildman–Crippen LogP) is 1.80. The van der Waals surface area contributed by atoms with Gasteiger partial charge in [-0.2, -0.15) is 4.68 Å². The molecule has 2 saturated heterocycles. The Morgan fingerprint density at radius 3 is 2.54 bits per heavy atom. The van der Waals surface area contributed by atoms with Crippen LogP contribution in [0.3, 0.4) is 0 Å². The van der Waals surface area contributed by atoms with E-state index in [-0.39, 0.29) is 5.97 Å². The van der Waals surface area contributed by atoms with Crippen LogP contribution in [-0.2, 0) is 9.53 Å². The van der Waals surface area contributed by atoms with Crippen LogP contribution in [0.25, 0.3) is 5.82 Å². The number of carbonyl (C=O) groups excluding carboxylic acids is 1. The average Bonchev–Trinajstić information content (AvgIpc) is 3.39. The molecule has 1 spiro atoms. The Bertz CT molecular complexity index is 1110. The molecule has 4 aliphatic rings. The highest BCUT2D eigenvalue weighted by molar-refractivity contribution is 5.92. The fourth-order valence-corrected chi connectivity index (χ4v) is 6.05. The third kappa shape index (κ3) is 4.45. The van der Waals surface area contributed by atoms with Crippen LogP contribution in [0, 0.1) is 18.3 Å². The minimum atomic E-state index is -0.575. The van der Waals surface area contributed by atoms with E-state index in [2.05, 4.69) is 30.3 Å². The van der Waals surface area contributed by atoms with Crippen molar-refractivity contribution < 1.29 is 14.6 Å². The summed E-state index contributed by atoms with van der Waals surface area (Å²) in [4.78, 5) is 21.6. The van der Waals surface area contributed by atoms with E-state index >= 15 is 0 Å². The number of aliphatic hydroxyl groups excluding tert-OH is 1. The van der Waals surface area contributed by atoms with Crippen LogP contribution in [0.4, 0.5) is 0 Å². The summed E-state index contributed by atoms with van der Waals surface area (Å²) in [6, 6.07) is 3.77. The molecule has 3 fully saturated rings. The van der Waals surface area contributed by atoms with Gasteiger partial charge in [0.2, 0.25) is 0 Å². The Kier molecular flexibility index (Phi) is 5.80. The van der Waals surface area contributed by atoms with Gasteiger partial charge in [0, 0.05) is 30.9 Å². The summed E-state index contributed by atoms with van der Waals surface area (Å²) in [5.41, 5.74) is 4.17. The number of piperidine rings is 2. The van der Waals surface area contributed by atoms with Gasteiger partial charge in [-0.15, -0.1) is 5.10 Å². The maximum Gasteiger partial charge on any atom is 0.336 e. The molecule has 2 aromatic heterocycles. The van der Waals surface area contributed by atoms with E-state index in [0.29, 0.717) is 30.3 Å². The van der Waals surface area contributed by atoms with E-state index in [4.69, 9.17) is 4.74 Å². The van der Waals surface area contributed by atoms with E-state index < -0.39 is 6.10 Å². The monoisotopic (exact) mass is 479 g/mol. The summed E-state index contributed by atoms with van der Waals surface area (Å²) in [6.07, 6.45) is 7.85. The first kappa shape index (κ1) is 22.6. The molecule has 1 atom stereocenters. The fourth-order valence-electron chi connectivity index (χ4n) is 6.05. The van der Waals surface area contributed by atoms with Crippen molar-refractivity contribution in [3.05, 3.63) is 41.0 Å². The number of rotatable bonds is 6. The van der Waals surface area contributed by atoms with Crippen LogP contribution in [0.15, 0.2) is 29.7 Å². The molecular weight excluding hydrogens is 446 g/mol. The minimum Gasteiger partial charge on any atom is -0.456 e. The number of nitrogens with zero attached hydrogens (tertiary/aromatic N) is 7. The van der Waals surface area contributed by atoms with Gasteiger partial charge in [0.05, 0.1) is 17.4 Å². The number of carbonyl (C=O) groups is 1. The van der Waals surface area contributed by atoms with E-state index in [1.54, 1.807) is 0 Å². The van der Waals surface area contributed by atoms with Gasteiger partial charge in [-0.25, -0.2) is 9.78 Å². The zero-order valence-electron chi connectivity index (χ0n) is 20.3. The molecule has 6 rings (SSSR count). The lowest BCUT2D eigenvalue weighted by molar-refractivity contribution is -0.136. The molecule has 35 heavy (non-hydrogen) atoms. The standard InChI is InChI=1S/C25H33N7O3/c1-17-19(4-5-22(27-17)32-16-26-28-29-32)21(33)14-30-10-6-25(7-11-30)8-12-31(13-9-25)20-15-35-24(34)23(20)18-2-3-18/h4-5,16,18,21,33H,2-3,6-15H2,1H3. The number of cyclic esters (lactones) is 1. The smallest absolute Gasteiger partial charge is 0.336 e. The molecule has 3 aliphatic heterocycles. The summed E-state index contributed by atoms with van der Waals surface area (Å²) >= 11 is 0. The Balaban J connectivity index is 1.03. The molecule has 0 radical (unpaired) electrons. The second-order valence-electron chi connectivity index (χ2n) is 10.6. The summed E-state index contributed by atoms with van der Waals surface area (Å²) < 4.78 is 6.90. The van der Waals surface area contributed by atoms with E-state index in [1.807, 2.05) is 19.1 Å². The Morgan fingerprint density at radius 1 is 1.14 bits per heavy atom. The third-order valence-electron chi connectivity index (χ3n) is 8.46. The number of β-amino-alcohol motifs (C(OH)–C–C–N with tert-alkyl or cyclic N) is 1. The summed E-state index contributed by atoms with van der Waals surface area (Å²) in [6.45, 7) is 7.04. The van der Waals surface area contributed by atoms with Crippen molar-refractivity contribution in [2.24, 2.45) is 11.3 Å². The Hall–Kier alpha value is -2.85. The van der Waals surface area contributed by atoms with Gasteiger partial charge in [0.25, 0.3) is 0 Å². The van der Waals surface area contributed by atoms with Crippen LogP contribution in [0.2, 0.25) is 0 Å². The number of aryl methyl sites for hydroxylation is 1. The first-order valence-corrected chi connectivity index (χ1v) is 12.8. The molecule has 0 aromatic carbocycles. The highest BCUT2D eigenvalue weighted by Gasteiger charge is 2.43. The van der Waals surface area contributed by atoms with Crippen molar-refractivity contribution in [2.45, 2.75) is 51.6 Å². The number of ether oxygens (including phenoxy) is 1. The maximum atomic E-state index is 12.2. The largest absolute Gasteiger partial charge is 0.456 e. The number of esters is 1. The predicted molar refractivity (Wildman–Crippen MR) is 126 cm³/mol. The second-order valence-corrected chi connectivity index (χ2v) is 10.6. The van der Waals surface area contributed by atoms with Crippen LogP contribution >= 0.6 is 0 Å². The molecule has 10 heteroatoms. The summed E-state index contributed by atoms with van der Waals surface area (Å²) in [5.74, 6) is 1.01. The fraction of sp³-hybridized carbons (Fsp3) is 0.640. The number of hydrogen-bond donors (Lipinski definition) is 1. The quantitative estimate of drug-likeness (QED) is 0.620. The van der Waals surface area contributed by atoms with Gasteiger partial charge in [-0.3, -0.25) is 0 Å². The topological polar surface area (TPSA) is 109 Å². The molecule has 1 unspecified atom stereocenters. The van der Waals surface area contributed by atoms with Crippen LogP contribution in [0.5, 0.6) is 0 Å². The van der Waals surface area contributed by atoms with Crippen molar-refractivity contribution in [1.82, 2.24) is 35.0 Å². The summed E-state index contributed by atoms with van der Waals surface area (Å²) in [7, 11) is 0. The van der Waals surface area contributed by atoms with Gasteiger partial charge in [0.15, 0.2) is 5.82 Å². The van der Waals surface area contributed by atoms with Gasteiger partial charge < -0.3 is 19.6 Å². The number of likely N-dealkylation sites (tertiary alicyclic amines) is 2. The minimum absolute atomic E-state index is 0.0786. The van der Waals surface area contributed by atoms with E-state index in [0.717, 1.165) is 68.7 Å². The van der Waals surface area contributed by atoms with Gasteiger partial charge in [-0.1, -0.05) is 6.07 Å². The number of tetrazole rings is 1. The van der Waals surface area contributed by atoms with Crippen LogP contribution in [0.1, 0.15) is 55.9 Å². The molecule has 1 N–H and O–H groups in total. The zero-order valence-corrected chi connectivity index (χ0v) is 20.3. The van der Waals surface area contributed by atoms with Crippen LogP contribution < -0.4 is 0 Å². The van der Waals surface area contributed by atoms with E-state index in [1.165, 1.54) is 29.5 Å². The number of pyridine rings is 1. The number of hydrogen-bond acceptors (Lipinski definition) is 9. The SMILES string of the molecule is Cc1nc(-n2cnnn2)ccc1C(O)CN1CCC2(CC1)CCN(C1=C(C3CC3)C(=O)OC1)CC2. The lowest BCUT2D eigenvalue weighted by atomic mass is 9.71. The maximum absolute atomic E-state index is 12.2. The number of aliphatic hydroxyl groups is 1. The summed E-state index contributed by atoms with van der Waals surface area (Å²) in [5, 5.41) is 22.1. The van der Waals surface area contributed by atoms with Crippen molar-refractivity contribution in [2.75, 3.05) is 39.3 Å². The van der Waals surface area contributed by atoms with Gasteiger partial charge in [0.1, 0.15) is 12.9 Å². The Morgan fingerprint density at radius 2 is 1.89 bits per heavy atom. The molecule has 10 nitrogen and oxygen atoms in total. The first-order valence-electron chi connectivity index (χ1n) is 12.8. The molecule has 186 valence electrons. The highest BCUT2D eigenvalue weighted by Crippen LogP contribution is 2.45. The molecule has 1 aliphatic carbocycles. The molecule has 5 heterocycles. The normalized spacial score (nSPS) is 23.7. The number of aromatic nitrogens is 5. The lowest BCUT2D eigenvalue weighted by Gasteiger charge is -2.48. The lowest BCUT2D eigenvalue weighted by Crippen LogP contribution is -2.47. The Labute approximate surface area is 205 Å². The van der Waals surface area contributed by atoms with E-state index in [9.17, 15) is 9.90 Å². The van der Waals surface area contributed by atoms with Crippen molar-refractivity contribution in [3.8, 4) is 5.82 Å². The zero-order chi connectivity index (χ0) is 24.0. The van der Waals surface area contributed by atoms with Crippen molar-refractivity contribution in [1.29, 1.82) is 0 Å². The molecule has 1 saturated carbocycles. The molecule has 0 bridgehead atoms. The molecule has 0 amide bonds. The van der Waals surface area contributed by atoms with Crippen molar-refractivity contribution in [3.63, 3.8) is 0 Å². The van der Waals surface area contributed by atoms with Gasteiger partial charge >= 0.3 is 5.97 Å². The first-order chi connectivity index (χ1) is 17.0. The van der Waals surface area contributed by atoms with Crippen molar-refractivity contribution >= 4 is 5.97 Å². The van der Waals surface area contributed by atoms with Crippen LogP contribution in [-0.4, -0.2) is 85.4 Å². The molecular formula is C25H33N7O3. The average molecular weight is 480 g/mol.